The van der Waals surface area contributed by atoms with Gasteiger partial charge < -0.3 is 5.11 Å². The molecule has 5 heteroatoms. The fraction of sp³-hybridized carbons (Fsp3) is 0.455. The van der Waals surface area contributed by atoms with Gasteiger partial charge in [0, 0.05) is 5.69 Å². The third kappa shape index (κ3) is 3.83. The van der Waals surface area contributed by atoms with Crippen molar-refractivity contribution >= 4 is 15.7 Å². The minimum absolute atomic E-state index is 0.116. The fourth-order valence-corrected chi connectivity index (χ4v) is 2.46. The number of rotatable bonds is 5. The Kier molecular flexibility index (Phi) is 4.32. The zero-order chi connectivity index (χ0) is 12.2. The van der Waals surface area contributed by atoms with Crippen LogP contribution in [0.4, 0.5) is 5.69 Å². The zero-order valence-electron chi connectivity index (χ0n) is 9.47. The summed E-state index contributed by atoms with van der Waals surface area (Å²) in [6, 6.07) is 6.70. The lowest BCUT2D eigenvalue weighted by molar-refractivity contribution is 0.199. The van der Waals surface area contributed by atoms with Crippen molar-refractivity contribution in [2.75, 3.05) is 10.5 Å². The van der Waals surface area contributed by atoms with E-state index in [1.54, 1.807) is 31.2 Å². The van der Waals surface area contributed by atoms with Gasteiger partial charge in [-0.05, 0) is 31.0 Å². The maximum absolute atomic E-state index is 11.5. The predicted octanol–water partition coefficient (Wildman–Crippen LogP) is 1.89. The van der Waals surface area contributed by atoms with Crippen LogP contribution in [0.25, 0.3) is 0 Å². The summed E-state index contributed by atoms with van der Waals surface area (Å²) in [6.45, 7) is 3.48. The van der Waals surface area contributed by atoms with E-state index in [9.17, 15) is 13.5 Å². The van der Waals surface area contributed by atoms with Gasteiger partial charge >= 0.3 is 0 Å². The van der Waals surface area contributed by atoms with Crippen molar-refractivity contribution in [2.45, 2.75) is 26.4 Å². The molecule has 90 valence electrons. The molecule has 0 heterocycles. The first-order valence-corrected chi connectivity index (χ1v) is 6.88. The van der Waals surface area contributed by atoms with Gasteiger partial charge in [-0.3, -0.25) is 4.72 Å². The molecule has 0 unspecified atom stereocenters. The van der Waals surface area contributed by atoms with Crippen molar-refractivity contribution < 1.29 is 13.5 Å². The van der Waals surface area contributed by atoms with E-state index in [4.69, 9.17) is 0 Å². The van der Waals surface area contributed by atoms with E-state index >= 15 is 0 Å². The Hall–Kier alpha value is -1.07. The van der Waals surface area contributed by atoms with Crippen LogP contribution in [0, 0.1) is 0 Å². The summed E-state index contributed by atoms with van der Waals surface area (Å²) in [4.78, 5) is 0. The Morgan fingerprint density at radius 1 is 1.31 bits per heavy atom. The lowest BCUT2D eigenvalue weighted by Gasteiger charge is -2.08. The Bertz CT molecular complexity index is 423. The second-order valence-electron chi connectivity index (χ2n) is 3.72. The molecule has 0 amide bonds. The number of benzene rings is 1. The summed E-state index contributed by atoms with van der Waals surface area (Å²) in [5, 5.41) is 9.29. The normalized spacial score (nSPS) is 13.4. The molecule has 0 aliphatic carbocycles. The standard InChI is InChI=1S/C11H17NO3S/c1-3-8-16(14,15)12-11-6-4-10(5-7-11)9(2)13/h4-7,9,12-13H,3,8H2,1-2H3/t9-/m1/s1. The molecule has 1 atom stereocenters. The Morgan fingerprint density at radius 2 is 1.88 bits per heavy atom. The second kappa shape index (κ2) is 5.32. The van der Waals surface area contributed by atoms with Gasteiger partial charge in [0.15, 0.2) is 0 Å². The molecule has 4 nitrogen and oxygen atoms in total. The highest BCUT2D eigenvalue weighted by Crippen LogP contribution is 2.16. The van der Waals surface area contributed by atoms with Crippen LogP contribution in [-0.4, -0.2) is 19.3 Å². The van der Waals surface area contributed by atoms with E-state index in [0.717, 1.165) is 5.56 Å². The van der Waals surface area contributed by atoms with Crippen molar-refractivity contribution in [3.63, 3.8) is 0 Å². The Labute approximate surface area is 96.4 Å². The predicted molar refractivity (Wildman–Crippen MR) is 64.8 cm³/mol. The molecular formula is C11H17NO3S. The topological polar surface area (TPSA) is 66.4 Å². The molecule has 1 rings (SSSR count). The van der Waals surface area contributed by atoms with Gasteiger partial charge in [0.1, 0.15) is 0 Å². The van der Waals surface area contributed by atoms with Crippen LogP contribution in [0.1, 0.15) is 31.9 Å². The molecule has 0 saturated heterocycles. The van der Waals surface area contributed by atoms with Crippen LogP contribution in [-0.2, 0) is 10.0 Å². The van der Waals surface area contributed by atoms with E-state index in [1.807, 2.05) is 6.92 Å². The minimum atomic E-state index is -3.23. The van der Waals surface area contributed by atoms with E-state index < -0.39 is 16.1 Å². The van der Waals surface area contributed by atoms with Crippen LogP contribution in [0.5, 0.6) is 0 Å². The van der Waals surface area contributed by atoms with Crippen LogP contribution in [0.15, 0.2) is 24.3 Å². The van der Waals surface area contributed by atoms with Gasteiger partial charge in [0.2, 0.25) is 10.0 Å². The SMILES string of the molecule is CCCS(=O)(=O)Nc1ccc([C@@H](C)O)cc1. The third-order valence-electron chi connectivity index (χ3n) is 2.14. The molecule has 0 fully saturated rings. The van der Waals surface area contributed by atoms with Gasteiger partial charge in [-0.2, -0.15) is 0 Å². The molecule has 0 saturated carbocycles. The summed E-state index contributed by atoms with van der Waals surface area (Å²) in [7, 11) is -3.23. The number of aliphatic hydroxyl groups is 1. The van der Waals surface area contributed by atoms with Gasteiger partial charge in [-0.1, -0.05) is 19.1 Å². The number of nitrogens with one attached hydrogen (secondary N) is 1. The average molecular weight is 243 g/mol. The molecule has 0 spiro atoms. The van der Waals surface area contributed by atoms with Crippen LogP contribution >= 0.6 is 0 Å². The highest BCUT2D eigenvalue weighted by Gasteiger charge is 2.08. The lowest BCUT2D eigenvalue weighted by Crippen LogP contribution is -2.16. The zero-order valence-corrected chi connectivity index (χ0v) is 10.3. The molecule has 0 aliphatic rings. The summed E-state index contributed by atoms with van der Waals surface area (Å²) >= 11 is 0. The van der Waals surface area contributed by atoms with E-state index in [0.29, 0.717) is 12.1 Å². The first-order valence-electron chi connectivity index (χ1n) is 5.23. The monoisotopic (exact) mass is 243 g/mol. The molecule has 0 bridgehead atoms. The first kappa shape index (κ1) is 13.0. The van der Waals surface area contributed by atoms with Crippen molar-refractivity contribution in [2.24, 2.45) is 0 Å². The van der Waals surface area contributed by atoms with E-state index in [2.05, 4.69) is 4.72 Å². The molecule has 0 aliphatic heterocycles. The largest absolute Gasteiger partial charge is 0.389 e. The first-order chi connectivity index (χ1) is 7.44. The molecule has 0 aromatic heterocycles. The van der Waals surface area contributed by atoms with Gasteiger partial charge in [-0.15, -0.1) is 0 Å². The highest BCUT2D eigenvalue weighted by atomic mass is 32.2. The maximum Gasteiger partial charge on any atom is 0.232 e. The van der Waals surface area contributed by atoms with Crippen LogP contribution in [0.2, 0.25) is 0 Å². The van der Waals surface area contributed by atoms with Gasteiger partial charge in [0.05, 0.1) is 11.9 Å². The van der Waals surface area contributed by atoms with E-state index in [1.165, 1.54) is 0 Å². The van der Waals surface area contributed by atoms with Crippen LogP contribution < -0.4 is 4.72 Å². The molecule has 1 aromatic rings. The number of sulfonamides is 1. The maximum atomic E-state index is 11.5. The molecule has 16 heavy (non-hydrogen) atoms. The Morgan fingerprint density at radius 3 is 2.31 bits per heavy atom. The third-order valence-corrected chi connectivity index (χ3v) is 3.63. The summed E-state index contributed by atoms with van der Waals surface area (Å²) in [6.07, 6.45) is 0.0440. The number of anilines is 1. The average Bonchev–Trinajstić information content (AvgIpc) is 2.17. The summed E-state index contributed by atoms with van der Waals surface area (Å²) < 4.78 is 25.4. The van der Waals surface area contributed by atoms with Gasteiger partial charge in [-0.25, -0.2) is 8.42 Å². The Balaban J connectivity index is 2.76. The summed E-state index contributed by atoms with van der Waals surface area (Å²) in [5.41, 5.74) is 1.29. The second-order valence-corrected chi connectivity index (χ2v) is 5.56. The minimum Gasteiger partial charge on any atom is -0.389 e. The quantitative estimate of drug-likeness (QED) is 0.830. The van der Waals surface area contributed by atoms with Gasteiger partial charge in [0.25, 0.3) is 0 Å². The van der Waals surface area contributed by atoms with E-state index in [-0.39, 0.29) is 5.75 Å². The van der Waals surface area contributed by atoms with Crippen molar-refractivity contribution in [1.29, 1.82) is 0 Å². The van der Waals surface area contributed by atoms with Crippen molar-refractivity contribution in [3.8, 4) is 0 Å². The number of hydrogen-bond donors (Lipinski definition) is 2. The molecule has 0 radical (unpaired) electrons. The highest BCUT2D eigenvalue weighted by molar-refractivity contribution is 7.92. The molecule has 1 aromatic carbocycles. The molecular weight excluding hydrogens is 226 g/mol. The van der Waals surface area contributed by atoms with Crippen molar-refractivity contribution in [1.82, 2.24) is 0 Å². The van der Waals surface area contributed by atoms with Crippen molar-refractivity contribution in [3.05, 3.63) is 29.8 Å². The molecule has 2 N–H and O–H groups in total. The lowest BCUT2D eigenvalue weighted by atomic mass is 10.1. The number of hydrogen-bond acceptors (Lipinski definition) is 3. The number of aliphatic hydroxyl groups excluding tert-OH is 1. The fourth-order valence-electron chi connectivity index (χ4n) is 1.33. The smallest absolute Gasteiger partial charge is 0.232 e. The summed E-state index contributed by atoms with van der Waals surface area (Å²) in [5.74, 6) is 0.116. The van der Waals surface area contributed by atoms with Crippen LogP contribution in [0.3, 0.4) is 0 Å².